The van der Waals surface area contributed by atoms with Crippen LogP contribution in [-0.2, 0) is 9.59 Å². The zero-order valence-electron chi connectivity index (χ0n) is 16.4. The fourth-order valence-corrected chi connectivity index (χ4v) is 3.28. The molecule has 13 heteroatoms. The number of fused-ring (bicyclic) bond motifs is 1. The standard InChI is InChI=1S/C16H17N5O3.C2HF3O2/c1-8-3-10(9(2)21-7-13(16(23)24)18-19-21)5-17-14(8)20-6-11-4-12(11)15(20)22;3-2(4,5)1(6)7/h3,5,7,9,11-12H,4,6H2,1-2H3,(H,23,24);(H,6,7)/t9?,11-,12-;/m1./s1. The molecule has 1 aliphatic heterocycles. The lowest BCUT2D eigenvalue weighted by atomic mass is 10.1. The number of carbonyl (C=O) groups is 3. The molecule has 1 aliphatic carbocycles. The summed E-state index contributed by atoms with van der Waals surface area (Å²) in [4.78, 5) is 38.3. The predicted molar refractivity (Wildman–Crippen MR) is 97.4 cm³/mol. The van der Waals surface area contributed by atoms with E-state index >= 15 is 0 Å². The second-order valence-corrected chi connectivity index (χ2v) is 7.33. The third-order valence-corrected chi connectivity index (χ3v) is 5.10. The monoisotopic (exact) mass is 441 g/mol. The summed E-state index contributed by atoms with van der Waals surface area (Å²) in [5, 5.41) is 23.6. The van der Waals surface area contributed by atoms with Crippen molar-refractivity contribution in [2.45, 2.75) is 32.5 Å². The van der Waals surface area contributed by atoms with Crippen molar-refractivity contribution in [2.24, 2.45) is 11.8 Å². The second kappa shape index (κ2) is 7.96. The van der Waals surface area contributed by atoms with Crippen molar-refractivity contribution < 1.29 is 37.8 Å². The number of alkyl halides is 3. The third kappa shape index (κ3) is 4.64. The predicted octanol–water partition coefficient (Wildman–Crippen LogP) is 1.91. The van der Waals surface area contributed by atoms with Crippen molar-refractivity contribution in [1.29, 1.82) is 0 Å². The van der Waals surface area contributed by atoms with Gasteiger partial charge in [-0.3, -0.25) is 9.69 Å². The van der Waals surface area contributed by atoms with Crippen molar-refractivity contribution in [3.05, 3.63) is 35.3 Å². The summed E-state index contributed by atoms with van der Waals surface area (Å²) in [7, 11) is 0. The van der Waals surface area contributed by atoms with Crippen LogP contribution < -0.4 is 4.90 Å². The van der Waals surface area contributed by atoms with Gasteiger partial charge in [0.05, 0.1) is 12.2 Å². The van der Waals surface area contributed by atoms with Crippen LogP contribution in [0.1, 0.15) is 41.0 Å². The Bertz CT molecular complexity index is 1040. The number of pyridine rings is 1. The van der Waals surface area contributed by atoms with E-state index in [2.05, 4.69) is 15.3 Å². The smallest absolute Gasteiger partial charge is 0.476 e. The number of rotatable bonds is 4. The number of amides is 1. The molecular weight excluding hydrogens is 423 g/mol. The molecule has 4 rings (SSSR count). The van der Waals surface area contributed by atoms with Crippen molar-refractivity contribution in [3.63, 3.8) is 0 Å². The van der Waals surface area contributed by atoms with Gasteiger partial charge in [-0.05, 0) is 43.4 Å². The molecule has 1 saturated carbocycles. The first-order valence-electron chi connectivity index (χ1n) is 9.13. The lowest BCUT2D eigenvalue weighted by Crippen LogP contribution is -2.29. The van der Waals surface area contributed by atoms with Crippen LogP contribution in [0.15, 0.2) is 18.5 Å². The first-order chi connectivity index (χ1) is 14.4. The Balaban J connectivity index is 0.000000339. The number of carbonyl (C=O) groups excluding carboxylic acids is 1. The van der Waals surface area contributed by atoms with Crippen LogP contribution in [0.3, 0.4) is 0 Å². The zero-order valence-corrected chi connectivity index (χ0v) is 16.4. The van der Waals surface area contributed by atoms with E-state index in [0.717, 1.165) is 24.1 Å². The summed E-state index contributed by atoms with van der Waals surface area (Å²) >= 11 is 0. The topological polar surface area (TPSA) is 139 Å². The molecule has 1 saturated heterocycles. The summed E-state index contributed by atoms with van der Waals surface area (Å²) < 4.78 is 33.2. The number of hydrogen-bond donors (Lipinski definition) is 2. The van der Waals surface area contributed by atoms with Gasteiger partial charge in [0.25, 0.3) is 0 Å². The van der Waals surface area contributed by atoms with Crippen molar-refractivity contribution >= 4 is 23.7 Å². The number of aromatic nitrogens is 4. The number of halogens is 3. The molecule has 10 nitrogen and oxygen atoms in total. The molecule has 31 heavy (non-hydrogen) atoms. The Morgan fingerprint density at radius 3 is 2.39 bits per heavy atom. The minimum absolute atomic E-state index is 0.0926. The number of aliphatic carboxylic acids is 1. The number of aromatic carboxylic acids is 1. The lowest BCUT2D eigenvalue weighted by molar-refractivity contribution is -0.192. The van der Waals surface area contributed by atoms with Crippen LogP contribution in [-0.4, -0.2) is 60.8 Å². The van der Waals surface area contributed by atoms with Crippen molar-refractivity contribution in [1.82, 2.24) is 20.0 Å². The van der Waals surface area contributed by atoms with Gasteiger partial charge in [0, 0.05) is 18.7 Å². The Labute approximate surface area is 173 Å². The van der Waals surface area contributed by atoms with E-state index in [1.807, 2.05) is 19.9 Å². The van der Waals surface area contributed by atoms with Crippen LogP contribution in [0.2, 0.25) is 0 Å². The number of aryl methyl sites for hydroxylation is 1. The summed E-state index contributed by atoms with van der Waals surface area (Å²) in [5.74, 6) is -2.26. The molecule has 3 heterocycles. The van der Waals surface area contributed by atoms with Gasteiger partial charge in [0.15, 0.2) is 5.69 Å². The van der Waals surface area contributed by atoms with Crippen LogP contribution >= 0.6 is 0 Å². The van der Waals surface area contributed by atoms with Gasteiger partial charge in [0.2, 0.25) is 5.91 Å². The maximum atomic E-state index is 12.2. The average molecular weight is 441 g/mol. The largest absolute Gasteiger partial charge is 0.490 e. The molecule has 0 spiro atoms. The molecule has 166 valence electrons. The number of anilines is 1. The quantitative estimate of drug-likeness (QED) is 0.734. The number of carboxylic acids is 2. The number of nitrogens with zero attached hydrogens (tertiary/aromatic N) is 5. The summed E-state index contributed by atoms with van der Waals surface area (Å²) in [5.41, 5.74) is 1.72. The first kappa shape index (κ1) is 22.2. The molecule has 1 unspecified atom stereocenters. The molecule has 0 radical (unpaired) electrons. The van der Waals surface area contributed by atoms with Crippen LogP contribution in [0.5, 0.6) is 0 Å². The highest BCUT2D eigenvalue weighted by Crippen LogP contribution is 2.47. The highest BCUT2D eigenvalue weighted by atomic mass is 19.4. The first-order valence-corrected chi connectivity index (χ1v) is 9.13. The van der Waals surface area contributed by atoms with Gasteiger partial charge in [-0.2, -0.15) is 13.2 Å². The zero-order chi connectivity index (χ0) is 23.1. The van der Waals surface area contributed by atoms with E-state index in [4.69, 9.17) is 15.0 Å². The maximum Gasteiger partial charge on any atom is 0.490 e. The van der Waals surface area contributed by atoms with Gasteiger partial charge in [-0.1, -0.05) is 5.21 Å². The Morgan fingerprint density at radius 1 is 1.29 bits per heavy atom. The lowest BCUT2D eigenvalue weighted by Gasteiger charge is -2.21. The van der Waals surface area contributed by atoms with Crippen LogP contribution in [0.4, 0.5) is 19.0 Å². The molecule has 0 aromatic carbocycles. The van der Waals surface area contributed by atoms with E-state index < -0.39 is 18.1 Å². The summed E-state index contributed by atoms with van der Waals surface area (Å²) in [6.07, 6.45) is -0.957. The van der Waals surface area contributed by atoms with E-state index in [1.165, 1.54) is 10.9 Å². The number of hydrogen-bond acceptors (Lipinski definition) is 6. The van der Waals surface area contributed by atoms with E-state index in [0.29, 0.717) is 11.7 Å². The molecule has 0 bridgehead atoms. The van der Waals surface area contributed by atoms with E-state index in [9.17, 15) is 22.8 Å². The molecule has 2 aliphatic rings. The van der Waals surface area contributed by atoms with Crippen LogP contribution in [0.25, 0.3) is 0 Å². The Hall–Kier alpha value is -3.51. The Morgan fingerprint density at radius 2 is 1.94 bits per heavy atom. The maximum absolute atomic E-state index is 12.2. The van der Waals surface area contributed by atoms with E-state index in [-0.39, 0.29) is 23.6 Å². The second-order valence-electron chi connectivity index (χ2n) is 7.33. The average Bonchev–Trinajstić information content (AvgIpc) is 3.14. The number of carboxylic acid groups (broad SMARTS) is 2. The van der Waals surface area contributed by atoms with E-state index in [1.54, 1.807) is 11.1 Å². The summed E-state index contributed by atoms with van der Waals surface area (Å²) in [6, 6.07) is 1.76. The van der Waals surface area contributed by atoms with Gasteiger partial charge < -0.3 is 10.2 Å². The van der Waals surface area contributed by atoms with Crippen molar-refractivity contribution in [2.75, 3.05) is 11.4 Å². The molecule has 2 N–H and O–H groups in total. The van der Waals surface area contributed by atoms with Crippen molar-refractivity contribution in [3.8, 4) is 0 Å². The van der Waals surface area contributed by atoms with Crippen LogP contribution in [0, 0.1) is 18.8 Å². The molecule has 2 fully saturated rings. The molecule has 2 aromatic heterocycles. The minimum atomic E-state index is -5.08. The normalized spacial score (nSPS) is 20.5. The SMILES string of the molecule is Cc1cc(C(C)n2cc(C(=O)O)nn2)cnc1N1C[C@H]2C[C@H]2C1=O.O=C(O)C(F)(F)F. The van der Waals surface area contributed by atoms with Gasteiger partial charge >= 0.3 is 18.1 Å². The minimum Gasteiger partial charge on any atom is -0.476 e. The fraction of sp³-hybridized carbons (Fsp3) is 0.444. The molecule has 2 aromatic rings. The van der Waals surface area contributed by atoms with Gasteiger partial charge in [0.1, 0.15) is 5.82 Å². The number of piperidine rings is 1. The summed E-state index contributed by atoms with van der Waals surface area (Å²) in [6.45, 7) is 4.59. The van der Waals surface area contributed by atoms with Gasteiger partial charge in [-0.25, -0.2) is 19.3 Å². The molecular formula is C18H18F3N5O5. The fourth-order valence-electron chi connectivity index (χ4n) is 3.28. The van der Waals surface area contributed by atoms with Gasteiger partial charge in [-0.15, -0.1) is 5.10 Å². The molecule has 1 amide bonds. The highest BCUT2D eigenvalue weighted by molar-refractivity contribution is 5.99. The Kier molecular flexibility index (Phi) is 5.70. The third-order valence-electron chi connectivity index (χ3n) is 5.10. The highest BCUT2D eigenvalue weighted by Gasteiger charge is 2.53. The molecule has 3 atom stereocenters.